The van der Waals surface area contributed by atoms with Crippen LogP contribution in [0.1, 0.15) is 35.1 Å². The second kappa shape index (κ2) is 6.20. The van der Waals surface area contributed by atoms with Gasteiger partial charge in [0.25, 0.3) is 0 Å². The Morgan fingerprint density at radius 1 is 0.516 bits per heavy atom. The minimum atomic E-state index is -0.0908. The van der Waals surface area contributed by atoms with Crippen molar-refractivity contribution in [3.63, 3.8) is 0 Å². The zero-order valence-electron chi connectivity index (χ0n) is 17.1. The van der Waals surface area contributed by atoms with Gasteiger partial charge in [0.15, 0.2) is 0 Å². The van der Waals surface area contributed by atoms with Crippen molar-refractivity contribution < 1.29 is 0 Å². The van der Waals surface area contributed by atoms with Crippen LogP contribution in [0.15, 0.2) is 107 Å². The first-order valence-corrected chi connectivity index (χ1v) is 12.1. The smallest absolute Gasteiger partial charge is 0.0416 e. The SMILES string of the molecule is IC1=CC2(CC3(C1)c1ccccc1-c1ccccc13)c1ccccc1-c1ccccc12. The Morgan fingerprint density at radius 3 is 1.39 bits per heavy atom. The van der Waals surface area contributed by atoms with E-state index < -0.39 is 0 Å². The van der Waals surface area contributed by atoms with Crippen molar-refractivity contribution in [1.29, 1.82) is 0 Å². The summed E-state index contributed by atoms with van der Waals surface area (Å²) >= 11 is 2.61. The van der Waals surface area contributed by atoms with Gasteiger partial charge in [0.1, 0.15) is 0 Å². The monoisotopic (exact) mass is 508 g/mol. The van der Waals surface area contributed by atoms with E-state index in [0.29, 0.717) is 0 Å². The molecule has 4 aromatic carbocycles. The molecule has 0 nitrogen and oxygen atoms in total. The Balaban J connectivity index is 1.57. The largest absolute Gasteiger partial charge is 0.0619 e. The van der Waals surface area contributed by atoms with Gasteiger partial charge in [-0.1, -0.05) is 103 Å². The standard InChI is InChI=1S/C30H21I/c31-20-17-29(25-13-5-1-9-21(25)22-10-2-6-14-26(22)29)19-30(18-20)27-15-7-3-11-23(27)24-12-4-8-16-28(24)30/h1-17H,18-19H2. The van der Waals surface area contributed by atoms with E-state index >= 15 is 0 Å². The lowest BCUT2D eigenvalue weighted by Crippen LogP contribution is -2.39. The van der Waals surface area contributed by atoms with Crippen molar-refractivity contribution in [2.24, 2.45) is 0 Å². The van der Waals surface area contributed by atoms with Gasteiger partial charge in [-0.3, -0.25) is 0 Å². The van der Waals surface area contributed by atoms with Crippen molar-refractivity contribution in [1.82, 2.24) is 0 Å². The van der Waals surface area contributed by atoms with Crippen LogP contribution in [0, 0.1) is 0 Å². The highest BCUT2D eigenvalue weighted by molar-refractivity contribution is 14.1. The number of hydrogen-bond acceptors (Lipinski definition) is 0. The molecule has 2 spiro atoms. The van der Waals surface area contributed by atoms with Crippen molar-refractivity contribution in [2.45, 2.75) is 23.7 Å². The third-order valence-corrected chi connectivity index (χ3v) is 8.43. The average molecular weight is 508 g/mol. The van der Waals surface area contributed by atoms with Crippen LogP contribution in [0.4, 0.5) is 0 Å². The molecular formula is C30H21I. The molecule has 0 unspecified atom stereocenters. The molecule has 0 saturated heterocycles. The van der Waals surface area contributed by atoms with Gasteiger partial charge in [-0.25, -0.2) is 0 Å². The van der Waals surface area contributed by atoms with Crippen LogP contribution in [0.3, 0.4) is 0 Å². The molecule has 0 N–H and O–H groups in total. The average Bonchev–Trinajstić information content (AvgIpc) is 3.23. The van der Waals surface area contributed by atoms with E-state index in [0.717, 1.165) is 12.8 Å². The maximum absolute atomic E-state index is 2.61. The molecule has 0 bridgehead atoms. The molecule has 0 aromatic heterocycles. The van der Waals surface area contributed by atoms with Gasteiger partial charge in [0.05, 0.1) is 0 Å². The third-order valence-electron chi connectivity index (χ3n) is 7.74. The third kappa shape index (κ3) is 2.20. The molecule has 0 atom stereocenters. The van der Waals surface area contributed by atoms with Gasteiger partial charge in [-0.2, -0.15) is 0 Å². The lowest BCUT2D eigenvalue weighted by atomic mass is 9.58. The Kier molecular flexibility index (Phi) is 3.59. The van der Waals surface area contributed by atoms with Gasteiger partial charge in [0, 0.05) is 10.8 Å². The molecule has 3 aliphatic rings. The molecule has 0 fully saturated rings. The predicted octanol–water partition coefficient (Wildman–Crippen LogP) is 8.03. The first-order chi connectivity index (χ1) is 15.2. The number of hydrogen-bond donors (Lipinski definition) is 0. The van der Waals surface area contributed by atoms with E-state index in [9.17, 15) is 0 Å². The molecule has 0 heterocycles. The summed E-state index contributed by atoms with van der Waals surface area (Å²) in [4.78, 5) is 0. The molecule has 7 rings (SSSR count). The summed E-state index contributed by atoms with van der Waals surface area (Å²) in [7, 11) is 0. The summed E-state index contributed by atoms with van der Waals surface area (Å²) in [6.07, 6.45) is 4.73. The summed E-state index contributed by atoms with van der Waals surface area (Å²) in [5.74, 6) is 0. The van der Waals surface area contributed by atoms with Gasteiger partial charge >= 0.3 is 0 Å². The highest BCUT2D eigenvalue weighted by Crippen LogP contribution is 2.64. The van der Waals surface area contributed by atoms with Gasteiger partial charge in [-0.15, -0.1) is 0 Å². The predicted molar refractivity (Wildman–Crippen MR) is 137 cm³/mol. The first kappa shape index (κ1) is 18.0. The van der Waals surface area contributed by atoms with E-state index in [1.54, 1.807) is 0 Å². The van der Waals surface area contributed by atoms with Crippen LogP contribution < -0.4 is 0 Å². The number of allylic oxidation sites excluding steroid dienone is 2. The van der Waals surface area contributed by atoms with Crippen LogP contribution in [0.5, 0.6) is 0 Å². The van der Waals surface area contributed by atoms with E-state index in [-0.39, 0.29) is 10.8 Å². The van der Waals surface area contributed by atoms with Crippen molar-refractivity contribution in [2.75, 3.05) is 0 Å². The zero-order chi connectivity index (χ0) is 20.6. The molecule has 1 heteroatoms. The van der Waals surface area contributed by atoms with Gasteiger partial charge in [-0.05, 0) is 83.5 Å². The summed E-state index contributed by atoms with van der Waals surface area (Å²) in [5.41, 5.74) is 11.5. The van der Waals surface area contributed by atoms with Gasteiger partial charge < -0.3 is 0 Å². The maximum Gasteiger partial charge on any atom is 0.0416 e. The van der Waals surface area contributed by atoms with Crippen molar-refractivity contribution in [3.8, 4) is 22.3 Å². The molecule has 31 heavy (non-hydrogen) atoms. The maximum atomic E-state index is 2.61. The molecule has 0 saturated carbocycles. The number of benzene rings is 4. The summed E-state index contributed by atoms with van der Waals surface area (Å²) in [6.45, 7) is 0. The fourth-order valence-corrected chi connectivity index (χ4v) is 7.88. The summed E-state index contributed by atoms with van der Waals surface area (Å²) < 4.78 is 1.46. The number of halogens is 1. The topological polar surface area (TPSA) is 0 Å². The van der Waals surface area contributed by atoms with Gasteiger partial charge in [0.2, 0.25) is 0 Å². The minimum Gasteiger partial charge on any atom is -0.0619 e. The van der Waals surface area contributed by atoms with E-state index in [2.05, 4.69) is 126 Å². The number of fused-ring (bicyclic) bond motifs is 10. The molecule has 0 amide bonds. The molecule has 148 valence electrons. The lowest BCUT2D eigenvalue weighted by molar-refractivity contribution is 0.388. The highest BCUT2D eigenvalue weighted by atomic mass is 127. The summed E-state index contributed by atoms with van der Waals surface area (Å²) in [5, 5.41) is 0. The minimum absolute atomic E-state index is 0.00300. The fourth-order valence-electron chi connectivity index (χ4n) is 6.70. The Bertz CT molecular complexity index is 1320. The van der Waals surface area contributed by atoms with Crippen LogP contribution in [0.25, 0.3) is 22.3 Å². The van der Waals surface area contributed by atoms with E-state index in [1.165, 1.54) is 48.1 Å². The van der Waals surface area contributed by atoms with Crippen molar-refractivity contribution in [3.05, 3.63) is 129 Å². The quantitative estimate of drug-likeness (QED) is 0.211. The molecular weight excluding hydrogens is 487 g/mol. The van der Waals surface area contributed by atoms with E-state index in [1.807, 2.05) is 0 Å². The van der Waals surface area contributed by atoms with Crippen LogP contribution >= 0.6 is 22.6 Å². The highest BCUT2D eigenvalue weighted by Gasteiger charge is 2.54. The fraction of sp³-hybridized carbons (Fsp3) is 0.133. The van der Waals surface area contributed by atoms with Crippen LogP contribution in [-0.4, -0.2) is 0 Å². The Labute approximate surface area is 196 Å². The van der Waals surface area contributed by atoms with Crippen molar-refractivity contribution >= 4 is 22.6 Å². The lowest BCUT2D eigenvalue weighted by Gasteiger charge is -2.45. The normalized spacial score (nSPS) is 18.3. The first-order valence-electron chi connectivity index (χ1n) is 11.0. The molecule has 0 radical (unpaired) electrons. The van der Waals surface area contributed by atoms with Crippen LogP contribution in [0.2, 0.25) is 0 Å². The molecule has 4 aromatic rings. The second-order valence-electron chi connectivity index (χ2n) is 9.18. The van der Waals surface area contributed by atoms with Crippen LogP contribution in [-0.2, 0) is 10.8 Å². The van der Waals surface area contributed by atoms with E-state index in [4.69, 9.17) is 0 Å². The molecule has 3 aliphatic carbocycles. The zero-order valence-corrected chi connectivity index (χ0v) is 19.3. The summed E-state index contributed by atoms with van der Waals surface area (Å²) in [6, 6.07) is 36.3. The Hall–Kier alpha value is -2.65. The molecule has 0 aliphatic heterocycles. The Morgan fingerprint density at radius 2 is 0.903 bits per heavy atom. The second-order valence-corrected chi connectivity index (χ2v) is 10.6. The number of rotatable bonds is 0.